The van der Waals surface area contributed by atoms with Crippen molar-refractivity contribution in [3.05, 3.63) is 0 Å². The van der Waals surface area contributed by atoms with Crippen LogP contribution in [0.15, 0.2) is 0 Å². The summed E-state index contributed by atoms with van der Waals surface area (Å²) in [6.07, 6.45) is -0.441. The van der Waals surface area contributed by atoms with E-state index in [9.17, 15) is 18.0 Å². The van der Waals surface area contributed by atoms with Gasteiger partial charge in [0, 0.05) is 5.75 Å². The van der Waals surface area contributed by atoms with Gasteiger partial charge in [-0.05, 0) is 0 Å². The molecule has 0 heterocycles. The van der Waals surface area contributed by atoms with E-state index in [2.05, 4.69) is 11.6 Å². The summed E-state index contributed by atoms with van der Waals surface area (Å²) in [5, 5.41) is 4.35. The molecular weight excluding hydrogens is 217 g/mol. The molecule has 0 aromatic heterocycles. The first-order valence-corrected chi connectivity index (χ1v) is 4.30. The molecule has 12 heavy (non-hydrogen) atoms. The number of thioether (sulfide) groups is 1. The maximum Gasteiger partial charge on any atom is 0.338 e. The zero-order chi connectivity index (χ0) is 9.78. The molecule has 2 nitrogen and oxygen atoms in total. The molecule has 0 bridgehead atoms. The Bertz CT molecular complexity index is 165. The lowest BCUT2D eigenvalue weighted by molar-refractivity contribution is -0.136. The number of halogens is 4. The zero-order valence-corrected chi connectivity index (χ0v) is 7.34. The third-order valence-electron chi connectivity index (χ3n) is 0.864. The molecule has 0 aromatic carbocycles. The number of hydrogen-bond acceptors (Lipinski definition) is 2. The average Bonchev–Trinajstić information content (AvgIpc) is 1.85. The lowest BCUT2D eigenvalue weighted by Gasteiger charge is -2.14. The number of aliphatic carboxylic acids is 1. The molecule has 0 amide bonds. The second-order valence-electron chi connectivity index (χ2n) is 1.85. The predicted octanol–water partition coefficient (Wildman–Crippen LogP) is 2.32. The molecule has 0 saturated heterocycles. The van der Waals surface area contributed by atoms with Crippen molar-refractivity contribution in [1.29, 1.82) is 0 Å². The first-order valence-electron chi connectivity index (χ1n) is 2.88. The minimum atomic E-state index is -3.71. The number of carboxylic acids is 1. The van der Waals surface area contributed by atoms with Crippen molar-refractivity contribution in [2.45, 2.75) is 17.3 Å². The maximum absolute atomic E-state index is 12.3. The smallest absolute Gasteiger partial charge is 0.338 e. The second-order valence-corrected chi connectivity index (χ2v) is 3.48. The molecular formula is C5H6ClF3O2S. The second kappa shape index (κ2) is 4.81. The fraction of sp³-hybridized carbons (Fsp3) is 0.800. The van der Waals surface area contributed by atoms with E-state index in [-0.39, 0.29) is 17.5 Å². The Kier molecular flexibility index (Phi) is 4.77. The molecule has 0 spiro atoms. The fourth-order valence-corrected chi connectivity index (χ4v) is 1.20. The van der Waals surface area contributed by atoms with Crippen molar-refractivity contribution in [3.63, 3.8) is 0 Å². The fourth-order valence-electron chi connectivity index (χ4n) is 0.337. The summed E-state index contributed by atoms with van der Waals surface area (Å²) < 4.78 is 36.4. The molecule has 72 valence electrons. The van der Waals surface area contributed by atoms with Gasteiger partial charge in [0.1, 0.15) is 0 Å². The molecule has 1 unspecified atom stereocenters. The van der Waals surface area contributed by atoms with Crippen molar-refractivity contribution >= 4 is 29.3 Å². The molecule has 0 aromatic rings. The first kappa shape index (κ1) is 11.9. The van der Waals surface area contributed by atoms with Crippen LogP contribution in [0.3, 0.4) is 0 Å². The van der Waals surface area contributed by atoms with Gasteiger partial charge in [-0.3, -0.25) is 4.79 Å². The summed E-state index contributed by atoms with van der Waals surface area (Å²) in [5.41, 5.74) is -2.78. The summed E-state index contributed by atoms with van der Waals surface area (Å²) in [7, 11) is 0. The largest absolute Gasteiger partial charge is 0.481 e. The van der Waals surface area contributed by atoms with Crippen LogP contribution in [-0.4, -0.2) is 27.7 Å². The van der Waals surface area contributed by atoms with E-state index in [1.54, 1.807) is 0 Å². The quantitative estimate of drug-likeness (QED) is 0.726. The van der Waals surface area contributed by atoms with E-state index in [1.807, 2.05) is 0 Å². The highest BCUT2D eigenvalue weighted by molar-refractivity contribution is 8.00. The van der Waals surface area contributed by atoms with Crippen LogP contribution in [0.1, 0.15) is 6.42 Å². The van der Waals surface area contributed by atoms with Crippen molar-refractivity contribution in [2.75, 3.05) is 5.75 Å². The Morgan fingerprint density at radius 1 is 1.67 bits per heavy atom. The zero-order valence-electron chi connectivity index (χ0n) is 5.77. The Morgan fingerprint density at radius 2 is 2.17 bits per heavy atom. The van der Waals surface area contributed by atoms with Crippen molar-refractivity contribution < 1.29 is 23.1 Å². The molecule has 0 aliphatic rings. The summed E-state index contributed by atoms with van der Waals surface area (Å²) in [5.74, 6) is -1.57. The first-order chi connectivity index (χ1) is 5.36. The minimum absolute atomic E-state index is 0.106. The molecule has 0 radical (unpaired) electrons. The number of carboxylic acid groups (broad SMARTS) is 1. The van der Waals surface area contributed by atoms with Crippen LogP contribution >= 0.6 is 23.4 Å². The van der Waals surface area contributed by atoms with E-state index < -0.39 is 23.3 Å². The van der Waals surface area contributed by atoms with Gasteiger partial charge in [0.2, 0.25) is 5.63 Å². The Hall–Kier alpha value is -0.100. The van der Waals surface area contributed by atoms with Crippen molar-refractivity contribution in [2.24, 2.45) is 0 Å². The number of rotatable bonds is 5. The normalized spacial score (nSPS) is 14.3. The Labute approximate surface area is 76.1 Å². The van der Waals surface area contributed by atoms with Crippen LogP contribution in [0.2, 0.25) is 0 Å². The van der Waals surface area contributed by atoms with Gasteiger partial charge in [-0.1, -0.05) is 23.4 Å². The van der Waals surface area contributed by atoms with Gasteiger partial charge in [0.15, 0.2) is 0 Å². The van der Waals surface area contributed by atoms with Crippen molar-refractivity contribution in [1.82, 2.24) is 0 Å². The van der Waals surface area contributed by atoms with E-state index >= 15 is 0 Å². The van der Waals surface area contributed by atoms with E-state index in [1.165, 1.54) is 0 Å². The van der Waals surface area contributed by atoms with Crippen LogP contribution in [0, 0.1) is 0 Å². The van der Waals surface area contributed by atoms with E-state index in [4.69, 9.17) is 5.11 Å². The molecule has 1 N–H and O–H groups in total. The predicted molar refractivity (Wildman–Crippen MR) is 40.4 cm³/mol. The van der Waals surface area contributed by atoms with Gasteiger partial charge in [-0.15, -0.1) is 0 Å². The molecule has 0 saturated carbocycles. The molecule has 0 rings (SSSR count). The van der Waals surface area contributed by atoms with E-state index in [0.29, 0.717) is 0 Å². The van der Waals surface area contributed by atoms with Gasteiger partial charge < -0.3 is 5.11 Å². The number of hydrogen-bond donors (Lipinski definition) is 1. The third-order valence-corrected chi connectivity index (χ3v) is 2.27. The lowest BCUT2D eigenvalue weighted by Crippen LogP contribution is -2.21. The molecule has 0 aliphatic carbocycles. The summed E-state index contributed by atoms with van der Waals surface area (Å²) >= 11 is 4.39. The molecule has 7 heteroatoms. The summed E-state index contributed by atoms with van der Waals surface area (Å²) in [4.78, 5) is 9.87. The Balaban J connectivity index is 3.69. The van der Waals surface area contributed by atoms with Gasteiger partial charge in [-0.25, -0.2) is 4.39 Å². The van der Waals surface area contributed by atoms with E-state index in [0.717, 1.165) is 0 Å². The van der Waals surface area contributed by atoms with Crippen LogP contribution in [0.4, 0.5) is 13.2 Å². The highest BCUT2D eigenvalue weighted by Gasteiger charge is 2.39. The van der Waals surface area contributed by atoms with Crippen LogP contribution in [-0.2, 0) is 4.79 Å². The molecule has 0 fully saturated rings. The summed E-state index contributed by atoms with van der Waals surface area (Å²) in [6.45, 7) is 0. The Morgan fingerprint density at radius 3 is 2.50 bits per heavy atom. The van der Waals surface area contributed by atoms with Crippen LogP contribution in [0.5, 0.6) is 0 Å². The standard InChI is InChI=1S/C5H6ClF3O2S/c6-4(7)5(8,9)12-2-1-3(10)11/h4H,1-2H2,(H,10,11). The van der Waals surface area contributed by atoms with Crippen LogP contribution < -0.4 is 0 Å². The molecule has 1 atom stereocenters. The number of alkyl halides is 4. The SMILES string of the molecule is O=C(O)CCSC(F)(F)C(F)Cl. The maximum atomic E-state index is 12.3. The van der Waals surface area contributed by atoms with Crippen LogP contribution in [0.25, 0.3) is 0 Å². The van der Waals surface area contributed by atoms with Crippen molar-refractivity contribution in [3.8, 4) is 0 Å². The number of carbonyl (C=O) groups is 1. The highest BCUT2D eigenvalue weighted by atomic mass is 35.5. The monoisotopic (exact) mass is 222 g/mol. The topological polar surface area (TPSA) is 37.3 Å². The minimum Gasteiger partial charge on any atom is -0.481 e. The van der Waals surface area contributed by atoms with Gasteiger partial charge >= 0.3 is 11.2 Å². The van der Waals surface area contributed by atoms with Gasteiger partial charge in [-0.2, -0.15) is 8.78 Å². The summed E-state index contributed by atoms with van der Waals surface area (Å²) in [6, 6.07) is 0. The third kappa shape index (κ3) is 4.71. The lowest BCUT2D eigenvalue weighted by atomic mass is 10.5. The van der Waals surface area contributed by atoms with Gasteiger partial charge in [0.05, 0.1) is 6.42 Å². The average molecular weight is 223 g/mol. The molecule has 0 aliphatic heterocycles. The van der Waals surface area contributed by atoms with Gasteiger partial charge in [0.25, 0.3) is 0 Å². The highest BCUT2D eigenvalue weighted by Crippen LogP contribution is 2.36.